The van der Waals surface area contributed by atoms with Gasteiger partial charge in [-0.15, -0.1) is 0 Å². The molecular formula is C33H35ClN8O2. The number of benzene rings is 3. The maximum atomic E-state index is 13.6. The summed E-state index contributed by atoms with van der Waals surface area (Å²) in [7, 11) is 2.14. The minimum absolute atomic E-state index is 0.182. The van der Waals surface area contributed by atoms with Gasteiger partial charge in [0.25, 0.3) is 5.91 Å². The molecule has 0 spiro atoms. The number of nitrogens with zero attached hydrogens (tertiary/aromatic N) is 4. The van der Waals surface area contributed by atoms with E-state index in [1.807, 2.05) is 38.1 Å². The summed E-state index contributed by atoms with van der Waals surface area (Å²) in [5.74, 6) is -0.299. The van der Waals surface area contributed by atoms with Gasteiger partial charge >= 0.3 is 0 Å². The molecule has 1 aromatic heterocycles. The highest BCUT2D eigenvalue weighted by molar-refractivity contribution is 6.34. The molecule has 3 aromatic carbocycles. The summed E-state index contributed by atoms with van der Waals surface area (Å²) < 4.78 is 0. The lowest BCUT2D eigenvalue weighted by Gasteiger charge is -2.34. The molecule has 0 saturated carbocycles. The van der Waals surface area contributed by atoms with Crippen LogP contribution in [0.1, 0.15) is 21.5 Å². The van der Waals surface area contributed by atoms with E-state index in [0.717, 1.165) is 48.7 Å². The first-order valence-corrected chi connectivity index (χ1v) is 14.6. The number of aromatic nitrogens is 2. The van der Waals surface area contributed by atoms with Crippen LogP contribution in [0.3, 0.4) is 0 Å². The van der Waals surface area contributed by atoms with Crippen molar-refractivity contribution in [1.29, 1.82) is 0 Å². The summed E-state index contributed by atoms with van der Waals surface area (Å²) >= 11 is 6.48. The number of para-hydroxylation sites is 2. The molecule has 1 aliphatic rings. The maximum Gasteiger partial charge on any atom is 0.261 e. The second kappa shape index (κ2) is 13.6. The highest BCUT2D eigenvalue weighted by atomic mass is 35.5. The van der Waals surface area contributed by atoms with Gasteiger partial charge in [-0.05, 0) is 80.6 Å². The molecule has 4 aromatic rings. The van der Waals surface area contributed by atoms with Crippen molar-refractivity contribution in [1.82, 2.24) is 14.9 Å². The van der Waals surface area contributed by atoms with Gasteiger partial charge < -0.3 is 31.1 Å². The fraction of sp³-hybridized carbons (Fsp3) is 0.212. The van der Waals surface area contributed by atoms with E-state index in [1.165, 1.54) is 12.3 Å². The number of likely N-dealkylation sites (N-methyl/N-ethyl adjacent to an activating group) is 1. The summed E-state index contributed by atoms with van der Waals surface area (Å²) in [4.78, 5) is 39.5. The van der Waals surface area contributed by atoms with Crippen molar-refractivity contribution in [3.63, 3.8) is 0 Å². The number of rotatable bonds is 9. The molecule has 10 nitrogen and oxygen atoms in total. The first kappa shape index (κ1) is 30.5. The smallest absolute Gasteiger partial charge is 0.261 e. The second-order valence-electron chi connectivity index (χ2n) is 10.7. The fourth-order valence-electron chi connectivity index (χ4n) is 4.92. The third-order valence-electron chi connectivity index (χ3n) is 7.32. The van der Waals surface area contributed by atoms with E-state index in [-0.39, 0.29) is 23.2 Å². The van der Waals surface area contributed by atoms with Gasteiger partial charge in [0.1, 0.15) is 11.4 Å². The Bertz CT molecular complexity index is 1660. The van der Waals surface area contributed by atoms with E-state index in [2.05, 4.69) is 66.8 Å². The van der Waals surface area contributed by atoms with E-state index >= 15 is 0 Å². The molecule has 4 N–H and O–H groups in total. The molecule has 0 unspecified atom stereocenters. The van der Waals surface area contributed by atoms with E-state index in [9.17, 15) is 9.59 Å². The van der Waals surface area contributed by atoms with Crippen LogP contribution in [0.5, 0.6) is 0 Å². The Kier molecular flexibility index (Phi) is 9.42. The number of carbonyl (C=O) groups excluding carboxylic acids is 2. The average Bonchev–Trinajstić information content (AvgIpc) is 3.01. The maximum absolute atomic E-state index is 13.6. The Morgan fingerprint density at radius 3 is 2.32 bits per heavy atom. The predicted octanol–water partition coefficient (Wildman–Crippen LogP) is 6.36. The number of hydrogen-bond donors (Lipinski definition) is 4. The lowest BCUT2D eigenvalue weighted by Crippen LogP contribution is -2.44. The minimum atomic E-state index is -0.447. The summed E-state index contributed by atoms with van der Waals surface area (Å²) in [6, 6.07) is 18.9. The van der Waals surface area contributed by atoms with Crippen molar-refractivity contribution in [2.45, 2.75) is 13.8 Å². The molecule has 2 amide bonds. The number of piperazine rings is 1. The Balaban J connectivity index is 1.44. The zero-order chi connectivity index (χ0) is 31.2. The van der Waals surface area contributed by atoms with Crippen LogP contribution in [0.4, 0.5) is 40.2 Å². The average molecular weight is 611 g/mol. The Morgan fingerprint density at radius 1 is 0.932 bits per heavy atom. The highest BCUT2D eigenvalue weighted by Crippen LogP contribution is 2.31. The topological polar surface area (TPSA) is 115 Å². The van der Waals surface area contributed by atoms with E-state index in [4.69, 9.17) is 11.6 Å². The molecule has 11 heteroatoms. The molecule has 226 valence electrons. The Hall–Kier alpha value is -4.93. The van der Waals surface area contributed by atoms with E-state index in [1.54, 1.807) is 24.3 Å². The second-order valence-corrected chi connectivity index (χ2v) is 11.1. The molecule has 0 bridgehead atoms. The van der Waals surface area contributed by atoms with Crippen molar-refractivity contribution in [3.8, 4) is 0 Å². The fourth-order valence-corrected chi connectivity index (χ4v) is 5.29. The molecule has 2 heterocycles. The monoisotopic (exact) mass is 610 g/mol. The number of anilines is 7. The molecular weight excluding hydrogens is 576 g/mol. The van der Waals surface area contributed by atoms with Crippen molar-refractivity contribution in [2.75, 3.05) is 59.4 Å². The minimum Gasteiger partial charge on any atom is -0.369 e. The van der Waals surface area contributed by atoms with Crippen molar-refractivity contribution in [2.24, 2.45) is 0 Å². The van der Waals surface area contributed by atoms with Gasteiger partial charge in [-0.25, -0.2) is 4.98 Å². The molecule has 44 heavy (non-hydrogen) atoms. The molecule has 1 saturated heterocycles. The van der Waals surface area contributed by atoms with Gasteiger partial charge in [0, 0.05) is 43.8 Å². The van der Waals surface area contributed by atoms with Gasteiger partial charge in [-0.2, -0.15) is 4.98 Å². The van der Waals surface area contributed by atoms with Crippen LogP contribution in [0, 0.1) is 13.8 Å². The van der Waals surface area contributed by atoms with Gasteiger partial charge in [0.05, 0.1) is 22.1 Å². The third-order valence-corrected chi connectivity index (χ3v) is 7.62. The number of halogens is 1. The van der Waals surface area contributed by atoms with Gasteiger partial charge in [-0.3, -0.25) is 9.59 Å². The zero-order valence-electron chi connectivity index (χ0n) is 24.9. The number of nitrogens with one attached hydrogen (secondary N) is 4. The summed E-state index contributed by atoms with van der Waals surface area (Å²) in [5.41, 5.74) is 5.48. The summed E-state index contributed by atoms with van der Waals surface area (Å²) in [5, 5.41) is 12.6. The molecule has 5 rings (SSSR count). The molecule has 1 aliphatic heterocycles. The quantitative estimate of drug-likeness (QED) is 0.162. The first-order chi connectivity index (χ1) is 21.2. The number of amides is 2. The lowest BCUT2D eigenvalue weighted by molar-refractivity contribution is -0.111. The van der Waals surface area contributed by atoms with Crippen LogP contribution in [0.15, 0.2) is 79.5 Å². The van der Waals surface area contributed by atoms with Crippen LogP contribution in [-0.2, 0) is 4.79 Å². The van der Waals surface area contributed by atoms with Crippen LogP contribution in [0.25, 0.3) is 0 Å². The van der Waals surface area contributed by atoms with Crippen molar-refractivity contribution >= 4 is 63.6 Å². The number of aryl methyl sites for hydroxylation is 2. The molecule has 0 atom stereocenters. The van der Waals surface area contributed by atoms with Gasteiger partial charge in [0.2, 0.25) is 11.9 Å². The highest BCUT2D eigenvalue weighted by Gasteiger charge is 2.20. The first-order valence-electron chi connectivity index (χ1n) is 14.3. The molecule has 1 fully saturated rings. The van der Waals surface area contributed by atoms with E-state index < -0.39 is 5.91 Å². The van der Waals surface area contributed by atoms with Crippen LogP contribution in [-0.4, -0.2) is 59.9 Å². The van der Waals surface area contributed by atoms with Crippen molar-refractivity contribution < 1.29 is 9.59 Å². The predicted molar refractivity (Wildman–Crippen MR) is 179 cm³/mol. The summed E-state index contributed by atoms with van der Waals surface area (Å²) in [6.45, 7) is 11.4. The SMILES string of the molecule is C=CC(=O)Nc1ccccc1Nc1nc(Nc2ccc(N3CCN(C)CC3)cc2)ncc1C(=O)Nc1c(C)cc(C)cc1Cl. The molecule has 0 radical (unpaired) electrons. The van der Waals surface area contributed by atoms with Crippen LogP contribution >= 0.6 is 11.6 Å². The normalized spacial score (nSPS) is 13.2. The van der Waals surface area contributed by atoms with Gasteiger partial charge in [0.15, 0.2) is 0 Å². The summed E-state index contributed by atoms with van der Waals surface area (Å²) in [6.07, 6.45) is 2.64. The Labute approximate surface area is 262 Å². The third kappa shape index (κ3) is 7.34. The lowest BCUT2D eigenvalue weighted by atomic mass is 10.1. The van der Waals surface area contributed by atoms with Gasteiger partial charge in [-0.1, -0.05) is 36.4 Å². The Morgan fingerprint density at radius 2 is 1.64 bits per heavy atom. The standard InChI is InChI=1S/C33H35ClN8O2/c1-5-29(43)37-27-8-6-7-9-28(27)38-31-25(32(44)39-30-22(3)18-21(2)19-26(30)34)20-35-33(40-31)36-23-10-12-24(13-11-23)42-16-14-41(4)15-17-42/h5-13,18-20H,1,14-17H2,2-4H3,(H,37,43)(H,39,44)(H2,35,36,38,40). The van der Waals surface area contributed by atoms with Crippen molar-refractivity contribution in [3.05, 3.63) is 101 Å². The van der Waals surface area contributed by atoms with Crippen LogP contribution in [0.2, 0.25) is 5.02 Å². The van der Waals surface area contributed by atoms with Crippen LogP contribution < -0.4 is 26.2 Å². The van der Waals surface area contributed by atoms with E-state index in [0.29, 0.717) is 22.1 Å². The largest absolute Gasteiger partial charge is 0.369 e. The number of hydrogen-bond acceptors (Lipinski definition) is 8. The molecule has 0 aliphatic carbocycles. The zero-order valence-corrected chi connectivity index (χ0v) is 25.7. The number of carbonyl (C=O) groups is 2.